The molecule has 3 heteroatoms. The van der Waals surface area contributed by atoms with Gasteiger partial charge >= 0.3 is 0 Å². The van der Waals surface area contributed by atoms with Crippen LogP contribution < -0.4 is 4.74 Å². The lowest BCUT2D eigenvalue weighted by Gasteiger charge is -2.11. The molecule has 1 unspecified atom stereocenters. The van der Waals surface area contributed by atoms with Gasteiger partial charge in [-0.2, -0.15) is 0 Å². The van der Waals surface area contributed by atoms with E-state index in [1.54, 1.807) is 0 Å². The zero-order valence-corrected chi connectivity index (χ0v) is 9.93. The van der Waals surface area contributed by atoms with Gasteiger partial charge in [-0.05, 0) is 31.5 Å². The molecule has 0 aromatic heterocycles. The second-order valence-corrected chi connectivity index (χ2v) is 4.85. The van der Waals surface area contributed by atoms with Crippen LogP contribution in [0.3, 0.4) is 0 Å². The van der Waals surface area contributed by atoms with E-state index in [-0.39, 0.29) is 5.60 Å². The van der Waals surface area contributed by atoms with Crippen LogP contribution in [-0.2, 0) is 4.74 Å². The third-order valence-electron chi connectivity index (χ3n) is 2.32. The second kappa shape index (κ2) is 3.55. The van der Waals surface area contributed by atoms with E-state index in [9.17, 15) is 0 Å². The predicted octanol–water partition coefficient (Wildman–Crippen LogP) is 2.93. The van der Waals surface area contributed by atoms with E-state index in [1.807, 2.05) is 25.1 Å². The highest BCUT2D eigenvalue weighted by atomic mass is 79.9. The largest absolute Gasteiger partial charge is 0.490 e. The van der Waals surface area contributed by atoms with Crippen molar-refractivity contribution in [1.82, 2.24) is 0 Å². The Hall–Kier alpha value is -0.540. The Kier molecular flexibility index (Phi) is 2.54. The van der Waals surface area contributed by atoms with Gasteiger partial charge < -0.3 is 9.47 Å². The van der Waals surface area contributed by atoms with Gasteiger partial charge in [0.25, 0.3) is 0 Å². The lowest BCUT2D eigenvalue weighted by atomic mass is 10.2. The van der Waals surface area contributed by atoms with Gasteiger partial charge in [-0.15, -0.1) is 0 Å². The molecule has 0 saturated carbocycles. The van der Waals surface area contributed by atoms with Gasteiger partial charge in [0.1, 0.15) is 18.0 Å². The maximum absolute atomic E-state index is 5.69. The Morgan fingerprint density at radius 3 is 2.93 bits per heavy atom. The van der Waals surface area contributed by atoms with Crippen molar-refractivity contribution in [3.05, 3.63) is 28.2 Å². The average Bonchev–Trinajstić information content (AvgIpc) is 2.87. The molecule has 0 spiro atoms. The van der Waals surface area contributed by atoms with Crippen molar-refractivity contribution in [1.29, 1.82) is 0 Å². The van der Waals surface area contributed by atoms with Crippen molar-refractivity contribution in [2.75, 3.05) is 13.2 Å². The van der Waals surface area contributed by atoms with Crippen LogP contribution in [0.1, 0.15) is 12.5 Å². The molecule has 2 rings (SSSR count). The van der Waals surface area contributed by atoms with E-state index in [0.717, 1.165) is 22.4 Å². The first-order valence-electron chi connectivity index (χ1n) is 4.62. The molecule has 0 aliphatic carbocycles. The molecule has 76 valence electrons. The molecule has 0 amide bonds. The summed E-state index contributed by atoms with van der Waals surface area (Å²) in [7, 11) is 0. The molecule has 0 N–H and O–H groups in total. The van der Waals surface area contributed by atoms with Crippen LogP contribution in [0.2, 0.25) is 0 Å². The molecule has 1 aliphatic rings. The number of aryl methyl sites for hydroxylation is 1. The molecule has 1 atom stereocenters. The van der Waals surface area contributed by atoms with Crippen LogP contribution in [0.4, 0.5) is 0 Å². The molecule has 1 aromatic rings. The van der Waals surface area contributed by atoms with Gasteiger partial charge in [-0.3, -0.25) is 0 Å². The Morgan fingerprint density at radius 1 is 1.57 bits per heavy atom. The normalized spacial score (nSPS) is 24.8. The van der Waals surface area contributed by atoms with Crippen molar-refractivity contribution in [2.24, 2.45) is 0 Å². The molecular formula is C11H13BrO2. The highest BCUT2D eigenvalue weighted by Crippen LogP contribution is 2.29. The standard InChI is InChI=1S/C11H13BrO2/c1-8-3-4-9(12)5-10(8)13-6-11(2)7-14-11/h3-5H,6-7H2,1-2H3. The minimum atomic E-state index is -0.0469. The summed E-state index contributed by atoms with van der Waals surface area (Å²) in [4.78, 5) is 0. The average molecular weight is 257 g/mol. The molecule has 14 heavy (non-hydrogen) atoms. The van der Waals surface area contributed by atoms with Crippen molar-refractivity contribution in [2.45, 2.75) is 19.4 Å². The van der Waals surface area contributed by atoms with E-state index in [4.69, 9.17) is 9.47 Å². The number of rotatable bonds is 3. The smallest absolute Gasteiger partial charge is 0.123 e. The number of hydrogen-bond acceptors (Lipinski definition) is 2. The van der Waals surface area contributed by atoms with Gasteiger partial charge in [-0.1, -0.05) is 22.0 Å². The fourth-order valence-corrected chi connectivity index (χ4v) is 1.51. The van der Waals surface area contributed by atoms with Crippen molar-refractivity contribution in [3.63, 3.8) is 0 Å². The zero-order chi connectivity index (χ0) is 10.2. The number of halogens is 1. The fourth-order valence-electron chi connectivity index (χ4n) is 1.17. The van der Waals surface area contributed by atoms with Crippen LogP contribution in [0.25, 0.3) is 0 Å². The molecule has 2 nitrogen and oxygen atoms in total. The minimum absolute atomic E-state index is 0.0469. The number of ether oxygens (including phenoxy) is 2. The lowest BCUT2D eigenvalue weighted by Crippen LogP contribution is -2.17. The third kappa shape index (κ3) is 2.28. The monoisotopic (exact) mass is 256 g/mol. The van der Waals surface area contributed by atoms with E-state index in [2.05, 4.69) is 22.9 Å². The summed E-state index contributed by atoms with van der Waals surface area (Å²) in [5.74, 6) is 0.927. The topological polar surface area (TPSA) is 21.8 Å². The first-order chi connectivity index (χ1) is 6.59. The fraction of sp³-hybridized carbons (Fsp3) is 0.455. The second-order valence-electron chi connectivity index (χ2n) is 3.94. The van der Waals surface area contributed by atoms with Crippen LogP contribution in [0.5, 0.6) is 5.75 Å². The summed E-state index contributed by atoms with van der Waals surface area (Å²) < 4.78 is 12.0. The Labute approximate surface area is 92.3 Å². The molecular weight excluding hydrogens is 244 g/mol. The predicted molar refractivity (Wildman–Crippen MR) is 58.7 cm³/mol. The number of benzene rings is 1. The highest BCUT2D eigenvalue weighted by molar-refractivity contribution is 9.10. The Bertz CT molecular complexity index is 345. The van der Waals surface area contributed by atoms with Crippen LogP contribution in [0, 0.1) is 6.92 Å². The van der Waals surface area contributed by atoms with E-state index >= 15 is 0 Å². The summed E-state index contributed by atoms with van der Waals surface area (Å²) in [6, 6.07) is 6.04. The van der Waals surface area contributed by atoms with Gasteiger partial charge in [0.2, 0.25) is 0 Å². The number of hydrogen-bond donors (Lipinski definition) is 0. The van der Waals surface area contributed by atoms with Crippen LogP contribution >= 0.6 is 15.9 Å². The lowest BCUT2D eigenvalue weighted by molar-refractivity contribution is 0.201. The maximum atomic E-state index is 5.69. The summed E-state index contributed by atoms with van der Waals surface area (Å²) in [6.07, 6.45) is 0. The summed E-state index contributed by atoms with van der Waals surface area (Å²) >= 11 is 3.42. The molecule has 1 saturated heterocycles. The molecule has 1 heterocycles. The molecule has 0 radical (unpaired) electrons. The summed E-state index contributed by atoms with van der Waals surface area (Å²) in [5, 5.41) is 0. The zero-order valence-electron chi connectivity index (χ0n) is 8.34. The molecule has 0 bridgehead atoms. The van der Waals surface area contributed by atoms with E-state index < -0.39 is 0 Å². The summed E-state index contributed by atoms with van der Waals surface area (Å²) in [6.45, 7) is 5.53. The van der Waals surface area contributed by atoms with Crippen molar-refractivity contribution in [3.8, 4) is 5.75 Å². The first-order valence-corrected chi connectivity index (χ1v) is 5.41. The van der Waals surface area contributed by atoms with Gasteiger partial charge in [0.05, 0.1) is 6.61 Å². The third-order valence-corrected chi connectivity index (χ3v) is 2.81. The summed E-state index contributed by atoms with van der Waals surface area (Å²) in [5.41, 5.74) is 1.10. The Balaban J connectivity index is 2.04. The van der Waals surface area contributed by atoms with Gasteiger partial charge in [0.15, 0.2) is 0 Å². The van der Waals surface area contributed by atoms with Crippen molar-refractivity contribution >= 4 is 15.9 Å². The highest BCUT2D eigenvalue weighted by Gasteiger charge is 2.40. The van der Waals surface area contributed by atoms with Gasteiger partial charge in [-0.25, -0.2) is 0 Å². The van der Waals surface area contributed by atoms with Crippen molar-refractivity contribution < 1.29 is 9.47 Å². The number of epoxide rings is 1. The SMILES string of the molecule is Cc1ccc(Br)cc1OCC1(C)CO1. The van der Waals surface area contributed by atoms with Crippen LogP contribution in [0.15, 0.2) is 22.7 Å². The Morgan fingerprint density at radius 2 is 2.29 bits per heavy atom. The minimum Gasteiger partial charge on any atom is -0.490 e. The van der Waals surface area contributed by atoms with E-state index in [1.165, 1.54) is 0 Å². The first kappa shape index (κ1) is 9.99. The molecule has 1 fully saturated rings. The van der Waals surface area contributed by atoms with E-state index in [0.29, 0.717) is 6.61 Å². The molecule has 1 aliphatic heterocycles. The van der Waals surface area contributed by atoms with Gasteiger partial charge in [0, 0.05) is 4.47 Å². The quantitative estimate of drug-likeness (QED) is 0.776. The maximum Gasteiger partial charge on any atom is 0.123 e. The van der Waals surface area contributed by atoms with Crippen LogP contribution in [-0.4, -0.2) is 18.8 Å². The molecule has 1 aromatic carbocycles.